The molecule has 26 heavy (non-hydrogen) atoms. The average Bonchev–Trinajstić information content (AvgIpc) is 3.03. The molecule has 138 valence electrons. The number of amides is 2. The third-order valence-corrected chi connectivity index (χ3v) is 4.58. The molecule has 2 amide bonds. The predicted molar refractivity (Wildman–Crippen MR) is 97.3 cm³/mol. The molecule has 0 spiro atoms. The van der Waals surface area contributed by atoms with Crippen LogP contribution in [0.2, 0.25) is 0 Å². The number of aromatic amines is 1. The Morgan fingerprint density at radius 3 is 2.65 bits per heavy atom. The lowest BCUT2D eigenvalue weighted by Crippen LogP contribution is -2.25. The second-order valence-corrected chi connectivity index (χ2v) is 6.79. The number of anilines is 2. The SMILES string of the molecule is Cc1cc(CC(=O)Nc2ccc(F)c(NC(=O)C3CCCCC3)c2)n[nH]1. The molecule has 0 saturated heterocycles. The van der Waals surface area contributed by atoms with Crippen LogP contribution in [-0.4, -0.2) is 22.0 Å². The first-order valence-corrected chi connectivity index (χ1v) is 8.92. The lowest BCUT2D eigenvalue weighted by atomic mass is 9.88. The second kappa shape index (κ2) is 8.12. The van der Waals surface area contributed by atoms with Crippen molar-refractivity contribution in [2.75, 3.05) is 10.6 Å². The topological polar surface area (TPSA) is 86.9 Å². The number of benzene rings is 1. The van der Waals surface area contributed by atoms with E-state index in [0.29, 0.717) is 11.4 Å². The largest absolute Gasteiger partial charge is 0.326 e. The molecule has 7 heteroatoms. The number of rotatable bonds is 5. The van der Waals surface area contributed by atoms with Gasteiger partial charge >= 0.3 is 0 Å². The maximum Gasteiger partial charge on any atom is 0.230 e. The maximum atomic E-state index is 14.0. The van der Waals surface area contributed by atoms with Gasteiger partial charge in [0.05, 0.1) is 17.8 Å². The summed E-state index contributed by atoms with van der Waals surface area (Å²) in [7, 11) is 0. The molecule has 1 aromatic heterocycles. The highest BCUT2D eigenvalue weighted by molar-refractivity contribution is 5.95. The van der Waals surface area contributed by atoms with Crippen LogP contribution >= 0.6 is 0 Å². The Bertz CT molecular complexity index is 797. The molecule has 3 N–H and O–H groups in total. The van der Waals surface area contributed by atoms with Crippen LogP contribution in [0.3, 0.4) is 0 Å². The van der Waals surface area contributed by atoms with E-state index in [1.54, 1.807) is 6.07 Å². The standard InChI is InChI=1S/C19H23FN4O2/c1-12-9-15(24-23-12)11-18(25)21-14-7-8-16(20)17(10-14)22-19(26)13-5-3-2-4-6-13/h7-10,13H,2-6,11H2,1H3,(H,21,25)(H,22,26)(H,23,24). The first kappa shape index (κ1) is 18.1. The first-order chi connectivity index (χ1) is 12.5. The third-order valence-electron chi connectivity index (χ3n) is 4.58. The van der Waals surface area contributed by atoms with Crippen molar-refractivity contribution >= 4 is 23.2 Å². The molecule has 0 radical (unpaired) electrons. The van der Waals surface area contributed by atoms with Crippen molar-refractivity contribution in [3.63, 3.8) is 0 Å². The average molecular weight is 358 g/mol. The Morgan fingerprint density at radius 2 is 1.96 bits per heavy atom. The van der Waals surface area contributed by atoms with Crippen molar-refractivity contribution in [2.45, 2.75) is 45.4 Å². The highest BCUT2D eigenvalue weighted by Gasteiger charge is 2.22. The van der Waals surface area contributed by atoms with Crippen molar-refractivity contribution in [3.05, 3.63) is 41.5 Å². The summed E-state index contributed by atoms with van der Waals surface area (Å²) in [6.07, 6.45) is 5.01. The highest BCUT2D eigenvalue weighted by atomic mass is 19.1. The molecular formula is C19H23FN4O2. The van der Waals surface area contributed by atoms with Crippen molar-refractivity contribution < 1.29 is 14.0 Å². The van der Waals surface area contributed by atoms with Crippen LogP contribution in [0.4, 0.5) is 15.8 Å². The van der Waals surface area contributed by atoms with E-state index in [0.717, 1.165) is 37.8 Å². The molecule has 1 aromatic carbocycles. The molecule has 1 saturated carbocycles. The van der Waals surface area contributed by atoms with Crippen molar-refractivity contribution in [2.24, 2.45) is 5.92 Å². The summed E-state index contributed by atoms with van der Waals surface area (Å²) in [6, 6.07) is 5.95. The molecule has 0 atom stereocenters. The van der Waals surface area contributed by atoms with E-state index in [9.17, 15) is 14.0 Å². The molecule has 1 fully saturated rings. The number of nitrogens with one attached hydrogen (secondary N) is 3. The molecule has 6 nitrogen and oxygen atoms in total. The Balaban J connectivity index is 1.63. The van der Waals surface area contributed by atoms with E-state index in [4.69, 9.17) is 0 Å². The minimum atomic E-state index is -0.518. The summed E-state index contributed by atoms with van der Waals surface area (Å²) in [5, 5.41) is 12.2. The van der Waals surface area contributed by atoms with Gasteiger partial charge in [-0.15, -0.1) is 0 Å². The van der Waals surface area contributed by atoms with E-state index in [1.807, 2.05) is 6.92 Å². The number of carbonyl (C=O) groups excluding carboxylic acids is 2. The Labute approximate surface area is 151 Å². The van der Waals surface area contributed by atoms with E-state index in [1.165, 1.54) is 18.2 Å². The lowest BCUT2D eigenvalue weighted by molar-refractivity contribution is -0.120. The number of hydrogen-bond acceptors (Lipinski definition) is 3. The van der Waals surface area contributed by atoms with Crippen LogP contribution in [0.1, 0.15) is 43.5 Å². The minimum absolute atomic E-state index is 0.0655. The number of halogens is 1. The number of aromatic nitrogens is 2. The zero-order chi connectivity index (χ0) is 18.5. The van der Waals surface area contributed by atoms with Gasteiger partial charge in [-0.25, -0.2) is 4.39 Å². The minimum Gasteiger partial charge on any atom is -0.326 e. The summed E-state index contributed by atoms with van der Waals surface area (Å²) in [5.41, 5.74) is 2.03. The van der Waals surface area contributed by atoms with E-state index in [2.05, 4.69) is 20.8 Å². The summed E-state index contributed by atoms with van der Waals surface area (Å²) in [6.45, 7) is 1.86. The van der Waals surface area contributed by atoms with Gasteiger partial charge in [-0.3, -0.25) is 14.7 Å². The van der Waals surface area contributed by atoms with Gasteiger partial charge in [-0.05, 0) is 44.0 Å². The van der Waals surface area contributed by atoms with Crippen LogP contribution in [0.25, 0.3) is 0 Å². The van der Waals surface area contributed by atoms with E-state index in [-0.39, 0.29) is 29.8 Å². The number of nitrogens with zero attached hydrogens (tertiary/aromatic N) is 1. The molecule has 0 bridgehead atoms. The maximum absolute atomic E-state index is 14.0. The summed E-state index contributed by atoms with van der Waals surface area (Å²) < 4.78 is 14.0. The second-order valence-electron chi connectivity index (χ2n) is 6.79. The molecule has 0 aliphatic heterocycles. The first-order valence-electron chi connectivity index (χ1n) is 8.92. The van der Waals surface area contributed by atoms with Gasteiger partial charge in [0.25, 0.3) is 0 Å². The zero-order valence-electron chi connectivity index (χ0n) is 14.8. The van der Waals surface area contributed by atoms with Gasteiger partial charge in [-0.1, -0.05) is 19.3 Å². The zero-order valence-corrected chi connectivity index (χ0v) is 14.8. The van der Waals surface area contributed by atoms with Crippen LogP contribution in [0.15, 0.2) is 24.3 Å². The predicted octanol–water partition coefficient (Wildman–Crippen LogP) is 3.56. The van der Waals surface area contributed by atoms with Crippen LogP contribution in [-0.2, 0) is 16.0 Å². The fourth-order valence-corrected chi connectivity index (χ4v) is 3.23. The van der Waals surface area contributed by atoms with Crippen LogP contribution < -0.4 is 10.6 Å². The molecule has 1 aliphatic rings. The van der Waals surface area contributed by atoms with Gasteiger partial charge < -0.3 is 10.6 Å². The molecule has 0 unspecified atom stereocenters. The molecular weight excluding hydrogens is 335 g/mol. The Hall–Kier alpha value is -2.70. The van der Waals surface area contributed by atoms with Crippen molar-refractivity contribution in [1.82, 2.24) is 10.2 Å². The van der Waals surface area contributed by atoms with Crippen LogP contribution in [0, 0.1) is 18.7 Å². The van der Waals surface area contributed by atoms with Gasteiger partial charge in [0, 0.05) is 17.3 Å². The number of carbonyl (C=O) groups is 2. The van der Waals surface area contributed by atoms with Gasteiger partial charge in [0.1, 0.15) is 5.82 Å². The summed E-state index contributed by atoms with van der Waals surface area (Å²) in [4.78, 5) is 24.4. The molecule has 3 rings (SSSR count). The molecule has 1 aliphatic carbocycles. The van der Waals surface area contributed by atoms with Crippen LogP contribution in [0.5, 0.6) is 0 Å². The van der Waals surface area contributed by atoms with E-state index < -0.39 is 5.82 Å². The molecule has 1 heterocycles. The lowest BCUT2D eigenvalue weighted by Gasteiger charge is -2.21. The third kappa shape index (κ3) is 4.68. The van der Waals surface area contributed by atoms with Gasteiger partial charge in [0.2, 0.25) is 11.8 Å². The fraction of sp³-hybridized carbons (Fsp3) is 0.421. The quantitative estimate of drug-likeness (QED) is 0.764. The normalized spacial score (nSPS) is 14.8. The fourth-order valence-electron chi connectivity index (χ4n) is 3.23. The van der Waals surface area contributed by atoms with Crippen molar-refractivity contribution in [3.8, 4) is 0 Å². The Morgan fingerprint density at radius 1 is 1.19 bits per heavy atom. The monoisotopic (exact) mass is 358 g/mol. The smallest absolute Gasteiger partial charge is 0.230 e. The highest BCUT2D eigenvalue weighted by Crippen LogP contribution is 2.26. The Kier molecular flexibility index (Phi) is 5.65. The number of aryl methyl sites for hydroxylation is 1. The summed E-state index contributed by atoms with van der Waals surface area (Å²) >= 11 is 0. The molecule has 2 aromatic rings. The number of H-pyrrole nitrogens is 1. The number of hydrogen-bond donors (Lipinski definition) is 3. The van der Waals surface area contributed by atoms with Gasteiger partial charge in [-0.2, -0.15) is 5.10 Å². The summed E-state index contributed by atoms with van der Waals surface area (Å²) in [5.74, 6) is -0.994. The van der Waals surface area contributed by atoms with Crippen molar-refractivity contribution in [1.29, 1.82) is 0 Å². The van der Waals surface area contributed by atoms with Gasteiger partial charge in [0.15, 0.2) is 0 Å². The van der Waals surface area contributed by atoms with E-state index >= 15 is 0 Å².